The number of rotatable bonds is 2. The van der Waals surface area contributed by atoms with Gasteiger partial charge in [-0.15, -0.1) is 0 Å². The van der Waals surface area contributed by atoms with E-state index >= 15 is 0 Å². The molecule has 0 amide bonds. The van der Waals surface area contributed by atoms with E-state index in [9.17, 15) is 8.78 Å². The number of allylic oxidation sites excluding steroid dienone is 4. The minimum Gasteiger partial charge on any atom is -0.317 e. The number of piperidine rings is 1. The summed E-state index contributed by atoms with van der Waals surface area (Å²) in [6.45, 7) is 2.07. The quantitative estimate of drug-likeness (QED) is 0.863. The molecule has 0 aromatic heterocycles. The van der Waals surface area contributed by atoms with Gasteiger partial charge in [-0.3, -0.25) is 0 Å². The molecule has 1 fully saturated rings. The van der Waals surface area contributed by atoms with Crippen molar-refractivity contribution in [1.82, 2.24) is 5.32 Å². The molecule has 3 rings (SSSR count). The lowest BCUT2D eigenvalue weighted by atomic mass is 9.81. The Morgan fingerprint density at radius 1 is 1.10 bits per heavy atom. The molecule has 1 unspecified atom stereocenters. The van der Waals surface area contributed by atoms with Crippen molar-refractivity contribution in [3.8, 4) is 0 Å². The molecule has 0 bridgehead atoms. The van der Waals surface area contributed by atoms with Gasteiger partial charge < -0.3 is 5.32 Å². The van der Waals surface area contributed by atoms with Crippen molar-refractivity contribution in [3.63, 3.8) is 0 Å². The van der Waals surface area contributed by atoms with Gasteiger partial charge in [0.25, 0.3) is 0 Å². The van der Waals surface area contributed by atoms with Gasteiger partial charge in [0.15, 0.2) is 5.67 Å². The molecule has 0 saturated carbocycles. The van der Waals surface area contributed by atoms with Crippen molar-refractivity contribution in [2.24, 2.45) is 5.92 Å². The van der Waals surface area contributed by atoms with E-state index in [-0.39, 0.29) is 5.82 Å². The molecule has 1 aromatic carbocycles. The SMILES string of the molecule is Fc1ccc(C2(F)C=CC(C3CCNCC3)=CC2)cc1. The van der Waals surface area contributed by atoms with E-state index in [4.69, 9.17) is 0 Å². The molecule has 0 radical (unpaired) electrons. The largest absolute Gasteiger partial charge is 0.317 e. The molecular formula is C17H19F2N. The lowest BCUT2D eigenvalue weighted by Gasteiger charge is -2.29. The highest BCUT2D eigenvalue weighted by molar-refractivity contribution is 5.37. The van der Waals surface area contributed by atoms with Gasteiger partial charge in [0, 0.05) is 6.42 Å². The first-order valence-corrected chi connectivity index (χ1v) is 7.22. The van der Waals surface area contributed by atoms with Gasteiger partial charge in [-0.1, -0.05) is 24.3 Å². The van der Waals surface area contributed by atoms with Crippen LogP contribution < -0.4 is 5.32 Å². The van der Waals surface area contributed by atoms with Gasteiger partial charge in [0.1, 0.15) is 5.82 Å². The van der Waals surface area contributed by atoms with Crippen LogP contribution in [0.3, 0.4) is 0 Å². The van der Waals surface area contributed by atoms with Crippen LogP contribution in [-0.2, 0) is 5.67 Å². The molecule has 1 atom stereocenters. The third-order valence-electron chi connectivity index (χ3n) is 4.31. The van der Waals surface area contributed by atoms with Gasteiger partial charge in [0.2, 0.25) is 0 Å². The standard InChI is InChI=1S/C17H19F2N/c18-16-3-1-15(2-4-16)17(19)9-5-13(6-10-17)14-7-11-20-12-8-14/h1-6,9,14,20H,7-8,10-12H2. The fourth-order valence-corrected chi connectivity index (χ4v) is 3.03. The average Bonchev–Trinajstić information content (AvgIpc) is 2.49. The van der Waals surface area contributed by atoms with Crippen LogP contribution in [0.2, 0.25) is 0 Å². The van der Waals surface area contributed by atoms with E-state index < -0.39 is 5.67 Å². The molecule has 3 heteroatoms. The summed E-state index contributed by atoms with van der Waals surface area (Å²) in [6, 6.07) is 5.69. The zero-order valence-corrected chi connectivity index (χ0v) is 11.4. The molecule has 1 N–H and O–H groups in total. The van der Waals surface area contributed by atoms with Crippen molar-refractivity contribution in [2.75, 3.05) is 13.1 Å². The summed E-state index contributed by atoms with van der Waals surface area (Å²) in [5.41, 5.74) is 0.280. The molecule has 0 spiro atoms. The van der Waals surface area contributed by atoms with Gasteiger partial charge in [0.05, 0.1) is 0 Å². The van der Waals surface area contributed by atoms with Crippen LogP contribution in [0.25, 0.3) is 0 Å². The number of halogens is 2. The number of nitrogens with one attached hydrogen (secondary N) is 1. The van der Waals surface area contributed by atoms with E-state index in [0.29, 0.717) is 17.9 Å². The molecule has 1 nitrogen and oxygen atoms in total. The van der Waals surface area contributed by atoms with Crippen LogP contribution in [0.4, 0.5) is 8.78 Å². The lowest BCUT2D eigenvalue weighted by Crippen LogP contribution is -2.29. The van der Waals surface area contributed by atoms with Crippen molar-refractivity contribution < 1.29 is 8.78 Å². The molecule has 1 aliphatic carbocycles. The van der Waals surface area contributed by atoms with Crippen molar-refractivity contribution in [3.05, 3.63) is 59.4 Å². The maximum absolute atomic E-state index is 14.9. The summed E-state index contributed by atoms with van der Waals surface area (Å²) >= 11 is 0. The predicted octanol–water partition coefficient (Wildman–Crippen LogP) is 3.88. The van der Waals surface area contributed by atoms with Crippen LogP contribution in [0.1, 0.15) is 24.8 Å². The van der Waals surface area contributed by atoms with Crippen LogP contribution in [0, 0.1) is 11.7 Å². The Bertz CT molecular complexity index is 526. The third-order valence-corrected chi connectivity index (χ3v) is 4.31. The Morgan fingerprint density at radius 2 is 1.80 bits per heavy atom. The van der Waals surface area contributed by atoms with E-state index in [0.717, 1.165) is 25.9 Å². The second-order valence-electron chi connectivity index (χ2n) is 5.64. The molecule has 2 aliphatic rings. The summed E-state index contributed by atoms with van der Waals surface area (Å²) in [5.74, 6) is 0.216. The van der Waals surface area contributed by atoms with E-state index in [1.54, 1.807) is 6.08 Å². The number of hydrogen-bond acceptors (Lipinski definition) is 1. The Labute approximate surface area is 118 Å². The van der Waals surface area contributed by atoms with Crippen molar-refractivity contribution >= 4 is 0 Å². The number of alkyl halides is 1. The van der Waals surface area contributed by atoms with Crippen LogP contribution in [-0.4, -0.2) is 13.1 Å². The first kappa shape index (κ1) is 13.5. The summed E-state index contributed by atoms with van der Waals surface area (Å²) in [5, 5.41) is 3.34. The van der Waals surface area contributed by atoms with E-state index in [1.165, 1.54) is 29.8 Å². The molecular weight excluding hydrogens is 256 g/mol. The Morgan fingerprint density at radius 3 is 2.40 bits per heavy atom. The smallest absolute Gasteiger partial charge is 0.157 e. The fourth-order valence-electron chi connectivity index (χ4n) is 3.03. The van der Waals surface area contributed by atoms with Crippen LogP contribution in [0.5, 0.6) is 0 Å². The molecule has 1 aromatic rings. The first-order valence-electron chi connectivity index (χ1n) is 7.22. The predicted molar refractivity (Wildman–Crippen MR) is 76.6 cm³/mol. The van der Waals surface area contributed by atoms with Gasteiger partial charge in [-0.25, -0.2) is 8.78 Å². The highest BCUT2D eigenvalue weighted by atomic mass is 19.1. The van der Waals surface area contributed by atoms with Gasteiger partial charge >= 0.3 is 0 Å². The monoisotopic (exact) mass is 275 g/mol. The van der Waals surface area contributed by atoms with Crippen LogP contribution >= 0.6 is 0 Å². The second kappa shape index (κ2) is 5.49. The molecule has 1 saturated heterocycles. The lowest BCUT2D eigenvalue weighted by molar-refractivity contribution is 0.233. The number of hydrogen-bond donors (Lipinski definition) is 1. The highest BCUT2D eigenvalue weighted by Gasteiger charge is 2.31. The molecule has 106 valence electrons. The van der Waals surface area contributed by atoms with E-state index in [1.807, 2.05) is 12.2 Å². The third kappa shape index (κ3) is 2.68. The Hall–Kier alpha value is -1.48. The van der Waals surface area contributed by atoms with Gasteiger partial charge in [-0.05, 0) is 61.2 Å². The highest BCUT2D eigenvalue weighted by Crippen LogP contribution is 2.38. The normalized spacial score (nSPS) is 27.4. The maximum atomic E-state index is 14.9. The summed E-state index contributed by atoms with van der Waals surface area (Å²) in [7, 11) is 0. The summed E-state index contributed by atoms with van der Waals surface area (Å²) in [4.78, 5) is 0. The average molecular weight is 275 g/mol. The molecule has 1 heterocycles. The van der Waals surface area contributed by atoms with Crippen molar-refractivity contribution in [2.45, 2.75) is 24.9 Å². The zero-order chi connectivity index (χ0) is 14.0. The first-order chi connectivity index (χ1) is 9.67. The van der Waals surface area contributed by atoms with Crippen LogP contribution in [0.15, 0.2) is 48.1 Å². The van der Waals surface area contributed by atoms with Crippen molar-refractivity contribution in [1.29, 1.82) is 0 Å². The minimum atomic E-state index is -1.50. The fraction of sp³-hybridized carbons (Fsp3) is 0.412. The second-order valence-corrected chi connectivity index (χ2v) is 5.64. The van der Waals surface area contributed by atoms with Gasteiger partial charge in [-0.2, -0.15) is 0 Å². The molecule has 20 heavy (non-hydrogen) atoms. The Balaban J connectivity index is 1.75. The zero-order valence-electron chi connectivity index (χ0n) is 11.4. The maximum Gasteiger partial charge on any atom is 0.157 e. The molecule has 1 aliphatic heterocycles. The minimum absolute atomic E-state index is 0.330. The number of benzene rings is 1. The summed E-state index contributed by atoms with van der Waals surface area (Å²) in [6.07, 6.45) is 8.15. The Kier molecular flexibility index (Phi) is 3.70. The summed E-state index contributed by atoms with van der Waals surface area (Å²) < 4.78 is 27.8. The van der Waals surface area contributed by atoms with E-state index in [2.05, 4.69) is 5.32 Å². The topological polar surface area (TPSA) is 12.0 Å².